The van der Waals surface area contributed by atoms with E-state index in [2.05, 4.69) is 29.4 Å². The summed E-state index contributed by atoms with van der Waals surface area (Å²) in [5.74, 6) is 2.24. The van der Waals surface area contributed by atoms with Gasteiger partial charge in [0.2, 0.25) is 0 Å². The summed E-state index contributed by atoms with van der Waals surface area (Å²) in [4.78, 5) is 4.04. The molecule has 0 spiro atoms. The van der Waals surface area contributed by atoms with Gasteiger partial charge in [-0.1, -0.05) is 0 Å². The second kappa shape index (κ2) is 5.39. The molecule has 0 bridgehead atoms. The lowest BCUT2D eigenvalue weighted by Gasteiger charge is -2.08. The molecular formula is C13H18N8. The minimum Gasteiger partial charge on any atom is -0.383 e. The summed E-state index contributed by atoms with van der Waals surface area (Å²) in [5.41, 5.74) is 6.85. The van der Waals surface area contributed by atoms with Crippen molar-refractivity contribution in [3.63, 3.8) is 0 Å². The fourth-order valence-corrected chi connectivity index (χ4v) is 2.30. The van der Waals surface area contributed by atoms with Gasteiger partial charge in [0.05, 0.1) is 18.1 Å². The molecule has 0 aliphatic carbocycles. The fourth-order valence-electron chi connectivity index (χ4n) is 2.30. The lowest BCUT2D eigenvalue weighted by atomic mass is 10.3. The molecule has 3 heterocycles. The van der Waals surface area contributed by atoms with Crippen LogP contribution in [-0.2, 0) is 20.1 Å². The van der Waals surface area contributed by atoms with Crippen LogP contribution in [0.5, 0.6) is 0 Å². The number of nitrogens with zero attached hydrogens (tertiary/aromatic N) is 7. The van der Waals surface area contributed by atoms with Crippen LogP contribution in [0, 0.1) is 6.92 Å². The molecule has 3 rings (SSSR count). The van der Waals surface area contributed by atoms with Crippen molar-refractivity contribution in [1.82, 2.24) is 34.1 Å². The van der Waals surface area contributed by atoms with Gasteiger partial charge in [0, 0.05) is 32.5 Å². The number of nitrogens with two attached hydrogens (primary N) is 1. The molecule has 8 nitrogen and oxygen atoms in total. The van der Waals surface area contributed by atoms with Crippen LogP contribution >= 0.6 is 0 Å². The maximum absolute atomic E-state index is 6.03. The van der Waals surface area contributed by atoms with Gasteiger partial charge in [-0.15, -0.1) is 10.2 Å². The summed E-state index contributed by atoms with van der Waals surface area (Å²) >= 11 is 0. The number of nitrogen functional groups attached to an aromatic ring is 1. The van der Waals surface area contributed by atoms with Crippen molar-refractivity contribution >= 4 is 5.82 Å². The van der Waals surface area contributed by atoms with Gasteiger partial charge in [-0.25, -0.2) is 4.98 Å². The van der Waals surface area contributed by atoms with Gasteiger partial charge in [-0.2, -0.15) is 5.10 Å². The first kappa shape index (κ1) is 13.3. The molecule has 0 fully saturated rings. The summed E-state index contributed by atoms with van der Waals surface area (Å²) in [6, 6.07) is 0. The first-order valence-electron chi connectivity index (χ1n) is 6.80. The zero-order valence-corrected chi connectivity index (χ0v) is 12.1. The highest BCUT2D eigenvalue weighted by Gasteiger charge is 2.16. The molecule has 8 heteroatoms. The number of rotatable bonds is 5. The van der Waals surface area contributed by atoms with E-state index in [0.717, 1.165) is 36.7 Å². The number of aryl methyl sites for hydroxylation is 3. The quantitative estimate of drug-likeness (QED) is 0.751. The first-order chi connectivity index (χ1) is 10.2. The number of hydrogen-bond acceptors (Lipinski definition) is 5. The van der Waals surface area contributed by atoms with E-state index in [0.29, 0.717) is 5.82 Å². The third-order valence-electron chi connectivity index (χ3n) is 3.52. The topological polar surface area (TPSA) is 92.4 Å². The van der Waals surface area contributed by atoms with Gasteiger partial charge in [0.15, 0.2) is 5.82 Å². The Labute approximate surface area is 122 Å². The zero-order valence-electron chi connectivity index (χ0n) is 12.1. The van der Waals surface area contributed by atoms with Crippen molar-refractivity contribution < 1.29 is 0 Å². The van der Waals surface area contributed by atoms with Crippen LogP contribution in [0.15, 0.2) is 24.9 Å². The van der Waals surface area contributed by atoms with Gasteiger partial charge in [-0.3, -0.25) is 4.68 Å². The van der Waals surface area contributed by atoms with E-state index in [-0.39, 0.29) is 0 Å². The molecular weight excluding hydrogens is 268 g/mol. The SMILES string of the molecule is Cc1nnc(-c2cnn(C)c2N)n1CCCn1ccnc1. The Bertz CT molecular complexity index is 722. The van der Waals surface area contributed by atoms with Gasteiger partial charge in [0.25, 0.3) is 0 Å². The van der Waals surface area contributed by atoms with E-state index in [1.54, 1.807) is 17.1 Å². The number of hydrogen-bond donors (Lipinski definition) is 1. The van der Waals surface area contributed by atoms with Crippen LogP contribution in [0.25, 0.3) is 11.4 Å². The van der Waals surface area contributed by atoms with Crippen molar-refractivity contribution in [3.05, 3.63) is 30.7 Å². The van der Waals surface area contributed by atoms with Crippen LogP contribution in [0.1, 0.15) is 12.2 Å². The van der Waals surface area contributed by atoms with E-state index >= 15 is 0 Å². The smallest absolute Gasteiger partial charge is 0.169 e. The van der Waals surface area contributed by atoms with Crippen molar-refractivity contribution in [2.75, 3.05) is 5.73 Å². The highest BCUT2D eigenvalue weighted by Crippen LogP contribution is 2.24. The molecule has 0 radical (unpaired) electrons. The largest absolute Gasteiger partial charge is 0.383 e. The fraction of sp³-hybridized carbons (Fsp3) is 0.385. The van der Waals surface area contributed by atoms with Crippen LogP contribution in [0.2, 0.25) is 0 Å². The normalized spacial score (nSPS) is 11.1. The molecule has 0 amide bonds. The first-order valence-corrected chi connectivity index (χ1v) is 6.80. The molecule has 0 aliphatic rings. The molecule has 2 N–H and O–H groups in total. The van der Waals surface area contributed by atoms with Crippen LogP contribution in [0.4, 0.5) is 5.82 Å². The molecule has 3 aromatic rings. The summed E-state index contributed by atoms with van der Waals surface area (Å²) in [5, 5.41) is 12.6. The third kappa shape index (κ3) is 2.51. The Balaban J connectivity index is 1.79. The maximum atomic E-state index is 6.03. The van der Waals surface area contributed by atoms with Gasteiger partial charge >= 0.3 is 0 Å². The van der Waals surface area contributed by atoms with E-state index in [1.807, 2.05) is 26.5 Å². The molecule has 21 heavy (non-hydrogen) atoms. The predicted molar refractivity (Wildman–Crippen MR) is 78.2 cm³/mol. The van der Waals surface area contributed by atoms with E-state index < -0.39 is 0 Å². The zero-order chi connectivity index (χ0) is 14.8. The van der Waals surface area contributed by atoms with Crippen molar-refractivity contribution in [3.8, 4) is 11.4 Å². The Hall–Kier alpha value is -2.64. The number of anilines is 1. The molecule has 0 unspecified atom stereocenters. The third-order valence-corrected chi connectivity index (χ3v) is 3.52. The van der Waals surface area contributed by atoms with Crippen molar-refractivity contribution in [2.45, 2.75) is 26.4 Å². The molecule has 0 aromatic carbocycles. The lowest BCUT2D eigenvalue weighted by molar-refractivity contribution is 0.557. The maximum Gasteiger partial charge on any atom is 0.169 e. The molecule has 0 atom stereocenters. The minimum atomic E-state index is 0.596. The van der Waals surface area contributed by atoms with Gasteiger partial charge in [0.1, 0.15) is 11.6 Å². The van der Waals surface area contributed by atoms with E-state index in [4.69, 9.17) is 5.73 Å². The monoisotopic (exact) mass is 286 g/mol. The molecule has 0 saturated carbocycles. The van der Waals surface area contributed by atoms with Crippen LogP contribution in [-0.4, -0.2) is 34.1 Å². The van der Waals surface area contributed by atoms with Gasteiger partial charge < -0.3 is 14.9 Å². The number of imidazole rings is 1. The van der Waals surface area contributed by atoms with E-state index in [1.165, 1.54) is 0 Å². The molecule has 3 aromatic heterocycles. The Morgan fingerprint density at radius 2 is 2.10 bits per heavy atom. The minimum absolute atomic E-state index is 0.596. The summed E-state index contributed by atoms with van der Waals surface area (Å²) in [7, 11) is 1.81. The Morgan fingerprint density at radius 3 is 2.76 bits per heavy atom. The second-order valence-electron chi connectivity index (χ2n) is 4.94. The summed E-state index contributed by atoms with van der Waals surface area (Å²) in [6.07, 6.45) is 8.25. The van der Waals surface area contributed by atoms with Crippen LogP contribution < -0.4 is 5.73 Å². The molecule has 0 aliphatic heterocycles. The number of aromatic nitrogens is 7. The lowest BCUT2D eigenvalue weighted by Crippen LogP contribution is -2.07. The summed E-state index contributed by atoms with van der Waals surface area (Å²) < 4.78 is 5.76. The second-order valence-corrected chi connectivity index (χ2v) is 4.94. The Kier molecular flexibility index (Phi) is 3.43. The molecule has 0 saturated heterocycles. The molecule has 110 valence electrons. The van der Waals surface area contributed by atoms with Crippen LogP contribution in [0.3, 0.4) is 0 Å². The average molecular weight is 286 g/mol. The Morgan fingerprint density at radius 1 is 1.24 bits per heavy atom. The van der Waals surface area contributed by atoms with Crippen molar-refractivity contribution in [1.29, 1.82) is 0 Å². The van der Waals surface area contributed by atoms with E-state index in [9.17, 15) is 0 Å². The van der Waals surface area contributed by atoms with Crippen molar-refractivity contribution in [2.24, 2.45) is 7.05 Å². The summed E-state index contributed by atoms with van der Waals surface area (Å²) in [6.45, 7) is 3.67. The average Bonchev–Trinajstić information content (AvgIpc) is 3.17. The highest BCUT2D eigenvalue weighted by atomic mass is 15.3. The van der Waals surface area contributed by atoms with Gasteiger partial charge in [-0.05, 0) is 13.3 Å². The standard InChI is InChI=1S/C13H18N8/c1-10-17-18-13(11-8-16-19(2)12(11)14)21(10)6-3-5-20-7-4-15-9-20/h4,7-9H,3,5-6,14H2,1-2H3. The highest BCUT2D eigenvalue weighted by molar-refractivity contribution is 5.68. The predicted octanol–water partition coefficient (Wildman–Crippen LogP) is 0.856.